The number of rotatable bonds is 6. The van der Waals surface area contributed by atoms with Crippen molar-refractivity contribution in [1.29, 1.82) is 0 Å². The van der Waals surface area contributed by atoms with Crippen molar-refractivity contribution in [3.63, 3.8) is 0 Å². The summed E-state index contributed by atoms with van der Waals surface area (Å²) in [5.41, 5.74) is 3.00. The summed E-state index contributed by atoms with van der Waals surface area (Å²) in [5, 5.41) is 4.20. The van der Waals surface area contributed by atoms with Gasteiger partial charge in [0.1, 0.15) is 11.3 Å². The van der Waals surface area contributed by atoms with Gasteiger partial charge in [-0.25, -0.2) is 9.78 Å². The first-order valence-electron chi connectivity index (χ1n) is 11.5. The third-order valence-electron chi connectivity index (χ3n) is 6.27. The van der Waals surface area contributed by atoms with Crippen molar-refractivity contribution in [3.05, 3.63) is 64.0 Å². The number of nitrogens with one attached hydrogen (secondary N) is 1. The molecule has 7 nitrogen and oxygen atoms in total. The number of anilines is 1. The first-order chi connectivity index (χ1) is 16.4. The molecule has 1 aliphatic heterocycles. The lowest BCUT2D eigenvalue weighted by atomic mass is 9.99. The summed E-state index contributed by atoms with van der Waals surface area (Å²) < 4.78 is 11.9. The summed E-state index contributed by atoms with van der Waals surface area (Å²) in [7, 11) is 0. The quantitative estimate of drug-likeness (QED) is 0.395. The molecule has 4 aromatic rings. The average molecular weight is 478 g/mol. The monoisotopic (exact) mass is 477 g/mol. The van der Waals surface area contributed by atoms with Crippen molar-refractivity contribution < 1.29 is 13.9 Å². The molecular formula is C26H27N3O4S. The third-order valence-corrected chi connectivity index (χ3v) is 7.21. The van der Waals surface area contributed by atoms with Crippen LogP contribution in [0.5, 0.6) is 5.75 Å². The lowest BCUT2D eigenvalue weighted by Gasteiger charge is -2.30. The van der Waals surface area contributed by atoms with Gasteiger partial charge in [-0.2, -0.15) is 0 Å². The molecule has 1 aliphatic rings. The molecule has 0 saturated carbocycles. The Morgan fingerprint density at radius 2 is 2.03 bits per heavy atom. The number of piperidine rings is 1. The molecule has 1 amide bonds. The van der Waals surface area contributed by atoms with Crippen LogP contribution in [0.3, 0.4) is 0 Å². The molecule has 8 heteroatoms. The van der Waals surface area contributed by atoms with E-state index >= 15 is 0 Å². The second-order valence-corrected chi connectivity index (χ2v) is 10.1. The average Bonchev–Trinajstić information content (AvgIpc) is 3.20. The van der Waals surface area contributed by atoms with Crippen molar-refractivity contribution in [2.75, 3.05) is 25.0 Å². The molecule has 1 N–H and O–H groups in total. The molecule has 0 radical (unpaired) electrons. The van der Waals surface area contributed by atoms with E-state index in [1.165, 1.54) is 35.8 Å². The number of ether oxygens (including phenoxy) is 1. The zero-order chi connectivity index (χ0) is 23.7. The molecule has 0 unspecified atom stereocenters. The maximum absolute atomic E-state index is 12.4. The summed E-state index contributed by atoms with van der Waals surface area (Å²) in [5.74, 6) is 0.978. The van der Waals surface area contributed by atoms with Crippen LogP contribution in [0.2, 0.25) is 0 Å². The fourth-order valence-electron chi connectivity index (χ4n) is 4.30. The second-order valence-electron chi connectivity index (χ2n) is 9.02. The molecular weight excluding hydrogens is 450 g/mol. The second kappa shape index (κ2) is 9.56. The van der Waals surface area contributed by atoms with Gasteiger partial charge in [0, 0.05) is 24.1 Å². The van der Waals surface area contributed by atoms with Crippen molar-refractivity contribution in [3.8, 4) is 5.75 Å². The number of fused-ring (bicyclic) bond motifs is 2. The van der Waals surface area contributed by atoms with Crippen molar-refractivity contribution in [1.82, 2.24) is 9.88 Å². The number of benzene rings is 2. The summed E-state index contributed by atoms with van der Waals surface area (Å²) in [6.07, 6.45) is 2.52. The molecule has 0 atom stereocenters. The lowest BCUT2D eigenvalue weighted by Crippen LogP contribution is -2.32. The number of carbonyl (C=O) groups excluding carboxylic acids is 1. The Kier molecular flexibility index (Phi) is 6.34. The van der Waals surface area contributed by atoms with Crippen LogP contribution in [-0.2, 0) is 11.3 Å². The zero-order valence-corrected chi connectivity index (χ0v) is 20.1. The maximum atomic E-state index is 12.4. The van der Waals surface area contributed by atoms with Crippen molar-refractivity contribution in [2.45, 2.75) is 33.2 Å². The topological polar surface area (TPSA) is 84.7 Å². The van der Waals surface area contributed by atoms with E-state index in [4.69, 9.17) is 9.15 Å². The summed E-state index contributed by atoms with van der Waals surface area (Å²) in [4.78, 5) is 31.1. The number of aromatic nitrogens is 1. The maximum Gasteiger partial charge on any atom is 0.336 e. The first-order valence-corrected chi connectivity index (χ1v) is 12.3. The number of carbonyl (C=O) groups is 1. The normalized spacial score (nSPS) is 15.1. The minimum Gasteiger partial charge on any atom is -0.484 e. The van der Waals surface area contributed by atoms with E-state index in [1.54, 1.807) is 12.1 Å². The fraction of sp³-hybridized carbons (Fsp3) is 0.346. The third kappa shape index (κ3) is 5.13. The Morgan fingerprint density at radius 1 is 1.21 bits per heavy atom. The van der Waals surface area contributed by atoms with Crippen LogP contribution in [0.1, 0.15) is 30.9 Å². The SMILES string of the molecule is Cc1cc(=O)oc2cc(OCC(=O)Nc3nc4ccc(CN5CCC(C)CC5)cc4s3)ccc12. The molecule has 2 aromatic carbocycles. The largest absolute Gasteiger partial charge is 0.484 e. The number of aryl methyl sites for hydroxylation is 1. The molecule has 1 saturated heterocycles. The van der Waals surface area contributed by atoms with Gasteiger partial charge in [0.2, 0.25) is 0 Å². The molecule has 0 aliphatic carbocycles. The Labute approximate surface area is 201 Å². The van der Waals surface area contributed by atoms with E-state index in [2.05, 4.69) is 34.3 Å². The molecule has 1 fully saturated rings. The Balaban J connectivity index is 1.20. The minimum atomic E-state index is -0.413. The minimum absolute atomic E-state index is 0.171. The van der Waals surface area contributed by atoms with E-state index in [-0.39, 0.29) is 12.5 Å². The van der Waals surface area contributed by atoms with Gasteiger partial charge in [0.15, 0.2) is 11.7 Å². The predicted octanol–water partition coefficient (Wildman–Crippen LogP) is 4.96. The molecule has 5 rings (SSSR count). The number of likely N-dealkylation sites (tertiary alicyclic amines) is 1. The highest BCUT2D eigenvalue weighted by Crippen LogP contribution is 2.28. The molecule has 3 heterocycles. The highest BCUT2D eigenvalue weighted by molar-refractivity contribution is 7.22. The lowest BCUT2D eigenvalue weighted by molar-refractivity contribution is -0.118. The fourth-order valence-corrected chi connectivity index (χ4v) is 5.24. The van der Waals surface area contributed by atoms with Crippen LogP contribution in [0.15, 0.2) is 51.7 Å². The van der Waals surface area contributed by atoms with Crippen LogP contribution in [0.4, 0.5) is 5.13 Å². The van der Waals surface area contributed by atoms with Crippen molar-refractivity contribution in [2.24, 2.45) is 5.92 Å². The van der Waals surface area contributed by atoms with Gasteiger partial charge in [-0.1, -0.05) is 24.3 Å². The van der Waals surface area contributed by atoms with E-state index < -0.39 is 5.63 Å². The van der Waals surface area contributed by atoms with Crippen molar-refractivity contribution >= 4 is 43.6 Å². The number of thiazole rings is 1. The first kappa shape index (κ1) is 22.6. The van der Waals surface area contributed by atoms with Crippen LogP contribution in [0, 0.1) is 12.8 Å². The van der Waals surface area contributed by atoms with Crippen LogP contribution < -0.4 is 15.7 Å². The molecule has 0 bridgehead atoms. The molecule has 34 heavy (non-hydrogen) atoms. The Bertz CT molecular complexity index is 1400. The molecule has 0 spiro atoms. The summed E-state index contributed by atoms with van der Waals surface area (Å²) in [6.45, 7) is 7.24. The Morgan fingerprint density at radius 3 is 2.85 bits per heavy atom. The molecule has 2 aromatic heterocycles. The van der Waals surface area contributed by atoms with Gasteiger partial charge in [-0.3, -0.25) is 15.0 Å². The zero-order valence-electron chi connectivity index (χ0n) is 19.3. The Hall–Kier alpha value is -3.23. The number of hydrogen-bond donors (Lipinski definition) is 1. The van der Waals surface area contributed by atoms with E-state index in [0.717, 1.165) is 46.7 Å². The van der Waals surface area contributed by atoms with Gasteiger partial charge in [-0.05, 0) is 74.2 Å². The van der Waals surface area contributed by atoms with Crippen LogP contribution >= 0.6 is 11.3 Å². The highest BCUT2D eigenvalue weighted by atomic mass is 32.1. The van der Waals surface area contributed by atoms with Gasteiger partial charge < -0.3 is 9.15 Å². The summed E-state index contributed by atoms with van der Waals surface area (Å²) >= 11 is 1.46. The number of hydrogen-bond acceptors (Lipinski definition) is 7. The smallest absolute Gasteiger partial charge is 0.336 e. The van der Waals surface area contributed by atoms with E-state index in [0.29, 0.717) is 16.5 Å². The van der Waals surface area contributed by atoms with Gasteiger partial charge >= 0.3 is 5.63 Å². The van der Waals surface area contributed by atoms with Crippen LogP contribution in [0.25, 0.3) is 21.2 Å². The standard InChI is InChI=1S/C26H27N3O4S/c1-16-7-9-29(10-8-16)14-18-3-6-21-23(12-18)34-26(27-21)28-24(30)15-32-19-4-5-20-17(2)11-25(31)33-22(20)13-19/h3-6,11-13,16H,7-10,14-15H2,1-2H3,(H,27,28,30). The number of amides is 1. The van der Waals surface area contributed by atoms with Gasteiger partial charge in [0.05, 0.1) is 10.2 Å². The predicted molar refractivity (Wildman–Crippen MR) is 135 cm³/mol. The van der Waals surface area contributed by atoms with E-state index in [1.807, 2.05) is 19.1 Å². The van der Waals surface area contributed by atoms with E-state index in [9.17, 15) is 9.59 Å². The summed E-state index contributed by atoms with van der Waals surface area (Å²) in [6, 6.07) is 13.0. The van der Waals surface area contributed by atoms with Crippen LogP contribution in [-0.4, -0.2) is 35.5 Å². The molecule has 176 valence electrons. The number of nitrogens with zero attached hydrogens (tertiary/aromatic N) is 2. The van der Waals surface area contributed by atoms with Gasteiger partial charge in [-0.15, -0.1) is 0 Å². The highest BCUT2D eigenvalue weighted by Gasteiger charge is 2.16. The van der Waals surface area contributed by atoms with Gasteiger partial charge in [0.25, 0.3) is 5.91 Å².